The lowest BCUT2D eigenvalue weighted by molar-refractivity contribution is -0.113. The highest BCUT2D eigenvalue weighted by atomic mass is 32.2. The summed E-state index contributed by atoms with van der Waals surface area (Å²) in [7, 11) is 1.32. The van der Waals surface area contributed by atoms with Gasteiger partial charge in [-0.3, -0.25) is 4.79 Å². The maximum absolute atomic E-state index is 12.2. The van der Waals surface area contributed by atoms with Crippen LogP contribution in [-0.4, -0.2) is 44.9 Å². The summed E-state index contributed by atoms with van der Waals surface area (Å²) in [4.78, 5) is 23.6. The van der Waals surface area contributed by atoms with Gasteiger partial charge in [0, 0.05) is 5.69 Å². The Morgan fingerprint density at radius 1 is 1.11 bits per heavy atom. The van der Waals surface area contributed by atoms with Gasteiger partial charge < -0.3 is 10.1 Å². The van der Waals surface area contributed by atoms with Crippen LogP contribution in [0.3, 0.4) is 0 Å². The number of methoxy groups -OCH3 is 1. The molecule has 3 aromatic rings. The maximum atomic E-state index is 12.2. The number of hydrogen-bond acceptors (Lipinski definition) is 7. The zero-order chi connectivity index (χ0) is 19.2. The van der Waals surface area contributed by atoms with Crippen molar-refractivity contribution >= 4 is 29.3 Å². The highest BCUT2D eigenvalue weighted by Crippen LogP contribution is 2.19. The minimum absolute atomic E-state index is 0.144. The normalized spacial score (nSPS) is 10.4. The molecule has 0 saturated carbocycles. The number of nitrogens with one attached hydrogen (secondary N) is 1. The number of nitrogens with zero attached hydrogens (tertiary/aromatic N) is 4. The summed E-state index contributed by atoms with van der Waals surface area (Å²) in [6, 6.07) is 14.2. The average Bonchev–Trinajstić information content (AvgIpc) is 3.15. The van der Waals surface area contributed by atoms with E-state index in [0.29, 0.717) is 16.4 Å². The van der Waals surface area contributed by atoms with E-state index in [2.05, 4.69) is 25.6 Å². The van der Waals surface area contributed by atoms with Crippen molar-refractivity contribution in [1.29, 1.82) is 0 Å². The van der Waals surface area contributed by atoms with E-state index < -0.39 is 5.97 Å². The van der Waals surface area contributed by atoms with E-state index in [1.807, 2.05) is 31.2 Å². The number of anilines is 1. The number of carbonyl (C=O) groups excluding carboxylic acids is 2. The zero-order valence-electron chi connectivity index (χ0n) is 14.7. The fraction of sp³-hybridized carbons (Fsp3) is 0.167. The quantitative estimate of drug-likeness (QED) is 0.516. The van der Waals surface area contributed by atoms with E-state index in [9.17, 15) is 9.59 Å². The van der Waals surface area contributed by atoms with Crippen molar-refractivity contribution in [2.45, 2.75) is 12.1 Å². The first kappa shape index (κ1) is 18.6. The first-order valence-electron chi connectivity index (χ1n) is 8.03. The minimum atomic E-state index is -0.425. The van der Waals surface area contributed by atoms with Crippen LogP contribution in [0.1, 0.15) is 15.9 Å². The Balaban J connectivity index is 1.59. The molecule has 27 heavy (non-hydrogen) atoms. The maximum Gasteiger partial charge on any atom is 0.337 e. The van der Waals surface area contributed by atoms with Crippen LogP contribution >= 0.6 is 11.8 Å². The summed E-state index contributed by atoms with van der Waals surface area (Å²) in [6.07, 6.45) is 0. The van der Waals surface area contributed by atoms with Gasteiger partial charge in [-0.1, -0.05) is 29.5 Å². The third kappa shape index (κ3) is 4.70. The van der Waals surface area contributed by atoms with Gasteiger partial charge in [0.25, 0.3) is 0 Å². The van der Waals surface area contributed by atoms with Crippen LogP contribution in [0.4, 0.5) is 5.69 Å². The average molecular weight is 383 g/mol. The van der Waals surface area contributed by atoms with Crippen molar-refractivity contribution < 1.29 is 14.3 Å². The molecule has 1 heterocycles. The van der Waals surface area contributed by atoms with Gasteiger partial charge in [0.2, 0.25) is 11.1 Å². The Bertz CT molecular complexity index is 938. The minimum Gasteiger partial charge on any atom is -0.465 e. The number of aromatic nitrogens is 4. The van der Waals surface area contributed by atoms with Crippen molar-refractivity contribution in [1.82, 2.24) is 20.2 Å². The van der Waals surface area contributed by atoms with Crippen LogP contribution in [-0.2, 0) is 9.53 Å². The molecule has 3 rings (SSSR count). The third-order valence-electron chi connectivity index (χ3n) is 3.64. The van der Waals surface area contributed by atoms with Crippen molar-refractivity contribution in [3.8, 4) is 5.69 Å². The second-order valence-electron chi connectivity index (χ2n) is 5.61. The summed E-state index contributed by atoms with van der Waals surface area (Å²) in [5.74, 6) is -0.485. The second kappa shape index (κ2) is 8.45. The summed E-state index contributed by atoms with van der Waals surface area (Å²) in [6.45, 7) is 2.00. The highest BCUT2D eigenvalue weighted by Gasteiger charge is 2.12. The molecular formula is C18H17N5O3S. The van der Waals surface area contributed by atoms with Gasteiger partial charge in [-0.05, 0) is 53.7 Å². The number of amides is 1. The van der Waals surface area contributed by atoms with Gasteiger partial charge in [0.1, 0.15) is 0 Å². The molecule has 0 atom stereocenters. The van der Waals surface area contributed by atoms with Crippen LogP contribution in [0, 0.1) is 6.92 Å². The van der Waals surface area contributed by atoms with Gasteiger partial charge in [-0.15, -0.1) is 5.10 Å². The molecule has 0 spiro atoms. The van der Waals surface area contributed by atoms with E-state index in [0.717, 1.165) is 11.3 Å². The number of carbonyl (C=O) groups is 2. The molecule has 0 saturated heterocycles. The lowest BCUT2D eigenvalue weighted by Gasteiger charge is -2.07. The molecule has 0 aliphatic heterocycles. The lowest BCUT2D eigenvalue weighted by Crippen LogP contribution is -2.14. The molecule has 9 heteroatoms. The number of tetrazole rings is 1. The van der Waals surface area contributed by atoms with E-state index in [-0.39, 0.29) is 11.7 Å². The largest absolute Gasteiger partial charge is 0.465 e. The van der Waals surface area contributed by atoms with Crippen LogP contribution in [0.15, 0.2) is 53.7 Å². The van der Waals surface area contributed by atoms with Gasteiger partial charge in [0.05, 0.1) is 24.1 Å². The molecule has 0 aliphatic rings. The molecule has 0 radical (unpaired) electrons. The van der Waals surface area contributed by atoms with Crippen molar-refractivity contribution in [3.63, 3.8) is 0 Å². The van der Waals surface area contributed by atoms with Crippen molar-refractivity contribution in [3.05, 3.63) is 59.7 Å². The van der Waals surface area contributed by atoms with Crippen molar-refractivity contribution in [2.75, 3.05) is 18.2 Å². The lowest BCUT2D eigenvalue weighted by atomic mass is 10.2. The van der Waals surface area contributed by atoms with E-state index >= 15 is 0 Å². The number of aryl methyl sites for hydroxylation is 1. The Morgan fingerprint density at radius 3 is 2.48 bits per heavy atom. The molecule has 0 unspecified atom stereocenters. The number of rotatable bonds is 6. The molecule has 138 valence electrons. The topological polar surface area (TPSA) is 99.0 Å². The van der Waals surface area contributed by atoms with Crippen LogP contribution in [0.5, 0.6) is 0 Å². The molecule has 8 nitrogen and oxygen atoms in total. The van der Waals surface area contributed by atoms with Gasteiger partial charge in [-0.2, -0.15) is 4.68 Å². The monoisotopic (exact) mass is 383 g/mol. The predicted molar refractivity (Wildman–Crippen MR) is 101 cm³/mol. The molecule has 1 aromatic heterocycles. The Labute approximate surface area is 159 Å². The molecule has 0 fully saturated rings. The predicted octanol–water partition coefficient (Wildman–Crippen LogP) is 2.49. The second-order valence-corrected chi connectivity index (χ2v) is 6.56. The Kier molecular flexibility index (Phi) is 5.82. The first-order valence-corrected chi connectivity index (χ1v) is 9.02. The van der Waals surface area contributed by atoms with E-state index in [1.165, 1.54) is 18.9 Å². The molecule has 0 bridgehead atoms. The Hall–Kier alpha value is -3.20. The standard InChI is InChI=1S/C18H17N5O3S/c1-12-3-9-15(10-4-12)23-18(20-21-22-23)27-11-16(24)19-14-7-5-13(6-8-14)17(25)26-2/h3-10H,11H2,1-2H3,(H,19,24). The molecule has 1 N–H and O–H groups in total. The third-order valence-corrected chi connectivity index (χ3v) is 4.56. The smallest absolute Gasteiger partial charge is 0.337 e. The number of ether oxygens (including phenoxy) is 1. The van der Waals surface area contributed by atoms with Crippen LogP contribution in [0.25, 0.3) is 5.69 Å². The molecule has 1 amide bonds. The number of benzene rings is 2. The van der Waals surface area contributed by atoms with Crippen molar-refractivity contribution in [2.24, 2.45) is 0 Å². The zero-order valence-corrected chi connectivity index (χ0v) is 15.6. The molecule has 0 aliphatic carbocycles. The van der Waals surface area contributed by atoms with Gasteiger partial charge >= 0.3 is 5.97 Å². The summed E-state index contributed by atoms with van der Waals surface area (Å²) in [5, 5.41) is 14.9. The van der Waals surface area contributed by atoms with Gasteiger partial charge in [-0.25, -0.2) is 4.79 Å². The van der Waals surface area contributed by atoms with Crippen LogP contribution < -0.4 is 5.32 Å². The highest BCUT2D eigenvalue weighted by molar-refractivity contribution is 7.99. The summed E-state index contributed by atoms with van der Waals surface area (Å²) in [5.41, 5.74) is 2.97. The molecule has 2 aromatic carbocycles. The van der Waals surface area contributed by atoms with Crippen LogP contribution in [0.2, 0.25) is 0 Å². The molecular weight excluding hydrogens is 366 g/mol. The van der Waals surface area contributed by atoms with Gasteiger partial charge in [0.15, 0.2) is 0 Å². The van der Waals surface area contributed by atoms with E-state index in [4.69, 9.17) is 0 Å². The van der Waals surface area contributed by atoms with E-state index in [1.54, 1.807) is 28.9 Å². The fourth-order valence-corrected chi connectivity index (χ4v) is 2.94. The number of esters is 1. The number of thioether (sulfide) groups is 1. The summed E-state index contributed by atoms with van der Waals surface area (Å²) >= 11 is 1.23. The first-order chi connectivity index (χ1) is 13.1. The fourth-order valence-electron chi connectivity index (χ4n) is 2.25. The Morgan fingerprint density at radius 2 is 1.81 bits per heavy atom. The summed E-state index contributed by atoms with van der Waals surface area (Å²) < 4.78 is 6.23. The number of hydrogen-bond donors (Lipinski definition) is 1. The SMILES string of the molecule is COC(=O)c1ccc(NC(=O)CSc2nnnn2-c2ccc(C)cc2)cc1.